The van der Waals surface area contributed by atoms with Crippen LogP contribution in [0.15, 0.2) is 36.7 Å². The third-order valence-corrected chi connectivity index (χ3v) is 1.50. The number of nitrogen functional groups attached to an aromatic ring is 1. The number of carbonyl (C=O) groups excluding carboxylic acids is 1. The van der Waals surface area contributed by atoms with Crippen LogP contribution in [0.4, 0.5) is 0 Å². The molecule has 0 spiro atoms. The van der Waals surface area contributed by atoms with Crippen LogP contribution in [0, 0.1) is 0 Å². The summed E-state index contributed by atoms with van der Waals surface area (Å²) in [7, 11) is 0. The number of aromatic nitrogens is 3. The van der Waals surface area contributed by atoms with Crippen LogP contribution >= 0.6 is 0 Å². The summed E-state index contributed by atoms with van der Waals surface area (Å²) >= 11 is 0. The molecule has 1 heterocycles. The van der Waals surface area contributed by atoms with Gasteiger partial charge in [0.25, 0.3) is 0 Å². The molecule has 0 aliphatic rings. The molecule has 0 saturated heterocycles. The van der Waals surface area contributed by atoms with Gasteiger partial charge in [0.15, 0.2) is 6.29 Å². The van der Waals surface area contributed by atoms with Crippen LogP contribution in [-0.4, -0.2) is 26.5 Å². The molecule has 0 unspecified atom stereocenters. The van der Waals surface area contributed by atoms with Gasteiger partial charge in [-0.15, -0.1) is 10.2 Å². The Kier molecular flexibility index (Phi) is 6.58. The Labute approximate surface area is 103 Å². The number of hydrogen-bond donors (Lipinski definition) is 2. The number of aromatic hydroxyl groups is 1. The average Bonchev–Trinajstić information content (AvgIpc) is 2.71. The van der Waals surface area contributed by atoms with Crippen molar-refractivity contribution in [3.8, 4) is 5.75 Å². The average molecular weight is 262 g/mol. The van der Waals surface area contributed by atoms with E-state index in [9.17, 15) is 4.79 Å². The van der Waals surface area contributed by atoms with E-state index in [4.69, 9.17) is 10.9 Å². The molecule has 0 amide bonds. The van der Waals surface area contributed by atoms with E-state index < -0.39 is 0 Å². The Morgan fingerprint density at radius 3 is 2.12 bits per heavy atom. The fourth-order valence-corrected chi connectivity index (χ4v) is 0.813. The molecule has 0 bridgehead atoms. The first-order valence-corrected chi connectivity index (χ1v) is 4.08. The van der Waals surface area contributed by atoms with Gasteiger partial charge in [-0.1, -0.05) is 17.0 Å². The minimum atomic E-state index is 0. The van der Waals surface area contributed by atoms with E-state index >= 15 is 0 Å². The quantitative estimate of drug-likeness (QED) is 0.434. The van der Waals surface area contributed by atoms with Gasteiger partial charge in [0, 0.05) is 17.1 Å². The Bertz CT molecular complexity index is 419. The molecule has 2 rings (SSSR count). The normalized spacial score (nSPS) is 8.25. The molecule has 3 N–H and O–H groups in total. The minimum absolute atomic E-state index is 0. The number of nitrogens with zero attached hydrogens (tertiary/aromatic N) is 3. The molecule has 0 aliphatic heterocycles. The van der Waals surface area contributed by atoms with Crippen LogP contribution in [0.2, 0.25) is 0 Å². The van der Waals surface area contributed by atoms with Crippen LogP contribution in [-0.2, 0) is 17.1 Å². The third kappa shape index (κ3) is 4.58. The topological polar surface area (TPSA) is 94.0 Å². The van der Waals surface area contributed by atoms with Crippen LogP contribution < -0.4 is 5.84 Å². The van der Waals surface area contributed by atoms with Gasteiger partial charge in [0.1, 0.15) is 5.75 Å². The van der Waals surface area contributed by atoms with Crippen LogP contribution in [0.5, 0.6) is 5.75 Å². The number of para-hydroxylation sites is 1. The van der Waals surface area contributed by atoms with Crippen molar-refractivity contribution in [2.45, 2.75) is 0 Å². The molecule has 0 fully saturated rings. The van der Waals surface area contributed by atoms with Gasteiger partial charge in [-0.3, -0.25) is 4.79 Å². The molecule has 2 aromatic rings. The summed E-state index contributed by atoms with van der Waals surface area (Å²) in [5.74, 6) is 5.01. The van der Waals surface area contributed by atoms with E-state index in [0.717, 1.165) is 4.91 Å². The number of rotatable bonds is 1. The molecule has 0 radical (unpaired) electrons. The SMILES string of the molecule is Nn1nccn1.O=Cc1ccccc1O.[Fe]. The fourth-order valence-electron chi connectivity index (χ4n) is 0.813. The molecule has 7 heteroatoms. The monoisotopic (exact) mass is 262 g/mol. The number of hydrogen-bond acceptors (Lipinski definition) is 5. The number of phenols is 1. The Morgan fingerprint density at radius 2 is 1.81 bits per heavy atom. The van der Waals surface area contributed by atoms with Gasteiger partial charge < -0.3 is 10.9 Å². The van der Waals surface area contributed by atoms with Crippen LogP contribution in [0.25, 0.3) is 0 Å². The maximum absolute atomic E-state index is 10.1. The molecular formula is C9H10FeN4O2. The van der Waals surface area contributed by atoms with E-state index in [1.165, 1.54) is 18.5 Å². The molecular weight excluding hydrogens is 252 g/mol. The van der Waals surface area contributed by atoms with Gasteiger partial charge >= 0.3 is 0 Å². The predicted octanol–water partition coefficient (Wildman–Crippen LogP) is 0.194. The third-order valence-electron chi connectivity index (χ3n) is 1.50. The summed E-state index contributed by atoms with van der Waals surface area (Å²) in [6.45, 7) is 0. The van der Waals surface area contributed by atoms with Crippen molar-refractivity contribution < 1.29 is 27.0 Å². The Morgan fingerprint density at radius 1 is 1.25 bits per heavy atom. The Balaban J connectivity index is 0.000000283. The molecule has 86 valence electrons. The molecule has 1 aromatic carbocycles. The zero-order valence-corrected chi connectivity index (χ0v) is 9.27. The zero-order chi connectivity index (χ0) is 11.1. The zero-order valence-electron chi connectivity index (χ0n) is 8.17. The number of benzene rings is 1. The fraction of sp³-hybridized carbons (Fsp3) is 0. The van der Waals surface area contributed by atoms with Crippen molar-refractivity contribution in [1.29, 1.82) is 0 Å². The molecule has 0 saturated carbocycles. The maximum atomic E-state index is 10.1. The van der Waals surface area contributed by atoms with Gasteiger partial charge in [-0.2, -0.15) is 0 Å². The first-order valence-electron chi connectivity index (χ1n) is 4.08. The summed E-state index contributed by atoms with van der Waals surface area (Å²) in [5.41, 5.74) is 0.331. The summed E-state index contributed by atoms with van der Waals surface area (Å²) in [6, 6.07) is 6.40. The molecule has 16 heavy (non-hydrogen) atoms. The summed E-state index contributed by atoms with van der Waals surface area (Å²) in [6.07, 6.45) is 3.65. The van der Waals surface area contributed by atoms with Crippen molar-refractivity contribution in [3.63, 3.8) is 0 Å². The second-order valence-corrected chi connectivity index (χ2v) is 2.53. The second kappa shape index (κ2) is 7.44. The van der Waals surface area contributed by atoms with E-state index in [1.807, 2.05) is 0 Å². The molecule has 6 nitrogen and oxygen atoms in total. The van der Waals surface area contributed by atoms with Gasteiger partial charge in [-0.05, 0) is 12.1 Å². The molecule has 0 aliphatic carbocycles. The minimum Gasteiger partial charge on any atom is -0.507 e. The van der Waals surface area contributed by atoms with Crippen molar-refractivity contribution in [1.82, 2.24) is 15.1 Å². The molecule has 1 aromatic heterocycles. The smallest absolute Gasteiger partial charge is 0.153 e. The largest absolute Gasteiger partial charge is 0.507 e. The second-order valence-electron chi connectivity index (χ2n) is 2.53. The number of carbonyl (C=O) groups is 1. The van der Waals surface area contributed by atoms with E-state index in [2.05, 4.69) is 10.2 Å². The van der Waals surface area contributed by atoms with E-state index in [1.54, 1.807) is 18.2 Å². The number of phenolic OH excluding ortho intramolecular Hbond substituents is 1. The van der Waals surface area contributed by atoms with E-state index in [0.29, 0.717) is 11.8 Å². The standard InChI is InChI=1S/C7H6O2.C2H4N4.Fe/c8-5-6-3-1-2-4-7(6)9;3-6-4-1-2-5-6;/h1-5,9H;1-2H,3H2;. The van der Waals surface area contributed by atoms with Crippen molar-refractivity contribution in [2.75, 3.05) is 5.84 Å². The van der Waals surface area contributed by atoms with Gasteiger partial charge in [0.2, 0.25) is 0 Å². The van der Waals surface area contributed by atoms with Crippen molar-refractivity contribution in [2.24, 2.45) is 0 Å². The first kappa shape index (κ1) is 14.1. The number of nitrogens with two attached hydrogens (primary N) is 1. The van der Waals surface area contributed by atoms with Gasteiger partial charge in [-0.25, -0.2) is 0 Å². The summed E-state index contributed by atoms with van der Waals surface area (Å²) in [5, 5.41) is 15.9. The molecule has 0 atom stereocenters. The predicted molar refractivity (Wildman–Crippen MR) is 53.7 cm³/mol. The van der Waals surface area contributed by atoms with Crippen LogP contribution in [0.1, 0.15) is 10.4 Å². The summed E-state index contributed by atoms with van der Waals surface area (Å²) < 4.78 is 0. The van der Waals surface area contributed by atoms with Crippen molar-refractivity contribution in [3.05, 3.63) is 42.2 Å². The number of aldehydes is 1. The summed E-state index contributed by atoms with van der Waals surface area (Å²) in [4.78, 5) is 11.1. The van der Waals surface area contributed by atoms with Crippen molar-refractivity contribution >= 4 is 6.29 Å². The maximum Gasteiger partial charge on any atom is 0.153 e. The van der Waals surface area contributed by atoms with E-state index in [-0.39, 0.29) is 22.8 Å². The Hall–Kier alpha value is -1.85. The van der Waals surface area contributed by atoms with Gasteiger partial charge in [0.05, 0.1) is 18.0 Å². The van der Waals surface area contributed by atoms with Crippen LogP contribution in [0.3, 0.4) is 0 Å². The first-order chi connectivity index (χ1) is 7.24.